The Balaban J connectivity index is 1.24. The van der Waals surface area contributed by atoms with Crippen molar-refractivity contribution in [1.29, 1.82) is 0 Å². The minimum atomic E-state index is -3.45. The Morgan fingerprint density at radius 3 is 2.26 bits per heavy atom. The number of hydrogen-bond acceptors (Lipinski definition) is 5. The van der Waals surface area contributed by atoms with Crippen LogP contribution in [0, 0.1) is 0 Å². The first kappa shape index (κ1) is 21.7. The number of fused-ring (bicyclic) bond motifs is 1. The van der Waals surface area contributed by atoms with Crippen LogP contribution >= 0.6 is 22.9 Å². The quantitative estimate of drug-likeness (QED) is 0.657. The number of benzene rings is 1. The van der Waals surface area contributed by atoms with E-state index in [4.69, 9.17) is 11.6 Å². The molecule has 8 heteroatoms. The Kier molecular flexibility index (Phi) is 6.32. The Hall–Kier alpha value is -1.12. The lowest BCUT2D eigenvalue weighted by Gasteiger charge is -2.35. The smallest absolute Gasteiger partial charge is 0.252 e. The van der Waals surface area contributed by atoms with Gasteiger partial charge in [-0.3, -0.25) is 4.90 Å². The highest BCUT2D eigenvalue weighted by atomic mass is 35.5. The van der Waals surface area contributed by atoms with Gasteiger partial charge < -0.3 is 4.90 Å². The first-order valence-electron chi connectivity index (χ1n) is 11.4. The predicted octanol–water partition coefficient (Wildman–Crippen LogP) is 4.26. The second kappa shape index (κ2) is 9.02. The van der Waals surface area contributed by atoms with Gasteiger partial charge in [0.2, 0.25) is 0 Å². The van der Waals surface area contributed by atoms with Crippen LogP contribution in [0.5, 0.6) is 0 Å². The van der Waals surface area contributed by atoms with Crippen molar-refractivity contribution in [2.75, 3.05) is 44.2 Å². The Morgan fingerprint density at radius 1 is 0.871 bits per heavy atom. The van der Waals surface area contributed by atoms with E-state index in [2.05, 4.69) is 28.0 Å². The molecule has 0 N–H and O–H groups in total. The van der Waals surface area contributed by atoms with Gasteiger partial charge in [-0.25, -0.2) is 8.42 Å². The zero-order valence-electron chi connectivity index (χ0n) is 17.8. The fourth-order valence-electron chi connectivity index (χ4n) is 5.31. The monoisotopic (exact) mass is 479 g/mol. The highest BCUT2D eigenvalue weighted by molar-refractivity contribution is 7.91. The first-order chi connectivity index (χ1) is 15.0. The van der Waals surface area contributed by atoms with Crippen molar-refractivity contribution >= 4 is 38.6 Å². The molecule has 0 amide bonds. The van der Waals surface area contributed by atoms with E-state index in [9.17, 15) is 8.42 Å². The van der Waals surface area contributed by atoms with Crippen molar-refractivity contribution in [1.82, 2.24) is 9.21 Å². The summed E-state index contributed by atoms with van der Waals surface area (Å²) in [5, 5.41) is 0. The number of thiophene rings is 1. The average Bonchev–Trinajstić information content (AvgIpc) is 3.42. The number of hydrogen-bond donors (Lipinski definition) is 0. The normalized spacial score (nSPS) is 21.9. The van der Waals surface area contributed by atoms with Crippen LogP contribution in [0.3, 0.4) is 0 Å². The molecule has 2 fully saturated rings. The molecule has 0 unspecified atom stereocenters. The molecule has 1 aromatic heterocycles. The van der Waals surface area contributed by atoms with Gasteiger partial charge in [0.15, 0.2) is 0 Å². The second-order valence-electron chi connectivity index (χ2n) is 8.88. The van der Waals surface area contributed by atoms with E-state index in [-0.39, 0.29) is 0 Å². The third kappa shape index (κ3) is 4.53. The lowest BCUT2D eigenvalue weighted by atomic mass is 10.0. The minimum absolute atomic E-state index is 0.336. The lowest BCUT2D eigenvalue weighted by Crippen LogP contribution is -2.48. The van der Waals surface area contributed by atoms with Crippen molar-refractivity contribution in [3.63, 3.8) is 0 Å². The summed E-state index contributed by atoms with van der Waals surface area (Å²) in [7, 11) is -3.45. The standard InChI is InChI=1S/C23H30ClN3O2S2/c24-22-7-8-23(30-22)31(28,29)27-15-13-26(14-16-27)21-6-5-18-9-11-25(12-10-19(18)17-21)20-3-1-2-4-20/h5-8,17,20H,1-4,9-16H2. The SMILES string of the molecule is O=S(=O)(c1ccc(Cl)s1)N1CCN(c2ccc3c(c2)CCN(C2CCCC2)CC3)CC1. The molecule has 2 aromatic rings. The van der Waals surface area contributed by atoms with E-state index in [1.807, 2.05) is 0 Å². The first-order valence-corrected chi connectivity index (χ1v) is 14.0. The summed E-state index contributed by atoms with van der Waals surface area (Å²) in [4.78, 5) is 5.04. The van der Waals surface area contributed by atoms with Crippen molar-refractivity contribution in [3.05, 3.63) is 45.8 Å². The maximum absolute atomic E-state index is 12.9. The molecule has 1 saturated heterocycles. The van der Waals surface area contributed by atoms with E-state index >= 15 is 0 Å². The molecule has 1 aromatic carbocycles. The Bertz CT molecular complexity index is 1030. The van der Waals surface area contributed by atoms with Gasteiger partial charge in [-0.1, -0.05) is 30.5 Å². The molecular formula is C23H30ClN3O2S2. The van der Waals surface area contributed by atoms with Crippen LogP contribution in [0.4, 0.5) is 5.69 Å². The van der Waals surface area contributed by atoms with Crippen LogP contribution in [0.2, 0.25) is 4.34 Å². The molecule has 5 rings (SSSR count). The highest BCUT2D eigenvalue weighted by Crippen LogP contribution is 2.31. The minimum Gasteiger partial charge on any atom is -0.369 e. The molecule has 0 atom stereocenters. The van der Waals surface area contributed by atoms with Gasteiger partial charge in [-0.05, 0) is 61.1 Å². The fourth-order valence-corrected chi connectivity index (χ4v) is 8.37. The number of sulfonamides is 1. The van der Waals surface area contributed by atoms with Crippen molar-refractivity contribution < 1.29 is 8.42 Å². The number of rotatable bonds is 4. The number of halogens is 1. The van der Waals surface area contributed by atoms with Gasteiger partial charge in [0.05, 0.1) is 4.34 Å². The maximum Gasteiger partial charge on any atom is 0.252 e. The molecule has 31 heavy (non-hydrogen) atoms. The van der Waals surface area contributed by atoms with Gasteiger partial charge >= 0.3 is 0 Å². The third-order valence-electron chi connectivity index (χ3n) is 7.11. The Morgan fingerprint density at radius 2 is 1.58 bits per heavy atom. The van der Waals surface area contributed by atoms with Crippen LogP contribution in [0.15, 0.2) is 34.5 Å². The summed E-state index contributed by atoms with van der Waals surface area (Å²) in [6.45, 7) is 4.78. The molecule has 0 radical (unpaired) electrons. The van der Waals surface area contributed by atoms with E-state index < -0.39 is 10.0 Å². The number of nitrogens with zero attached hydrogens (tertiary/aromatic N) is 3. The van der Waals surface area contributed by atoms with Gasteiger partial charge in [0, 0.05) is 51.0 Å². The zero-order valence-corrected chi connectivity index (χ0v) is 20.2. The third-order valence-corrected chi connectivity index (χ3v) is 10.7. The molecule has 0 bridgehead atoms. The fraction of sp³-hybridized carbons (Fsp3) is 0.565. The van der Waals surface area contributed by atoms with Gasteiger partial charge in [0.1, 0.15) is 4.21 Å². The maximum atomic E-state index is 12.9. The van der Waals surface area contributed by atoms with Gasteiger partial charge in [-0.2, -0.15) is 4.31 Å². The van der Waals surface area contributed by atoms with Crippen LogP contribution in [-0.4, -0.2) is 62.9 Å². The molecule has 5 nitrogen and oxygen atoms in total. The molecular weight excluding hydrogens is 450 g/mol. The molecule has 3 heterocycles. The van der Waals surface area contributed by atoms with Crippen LogP contribution in [-0.2, 0) is 22.9 Å². The number of anilines is 1. The second-order valence-corrected chi connectivity index (χ2v) is 12.8. The van der Waals surface area contributed by atoms with Gasteiger partial charge in [-0.15, -0.1) is 11.3 Å². The lowest BCUT2D eigenvalue weighted by molar-refractivity contribution is 0.208. The summed E-state index contributed by atoms with van der Waals surface area (Å²) >= 11 is 7.08. The van der Waals surface area contributed by atoms with E-state index in [1.54, 1.807) is 16.4 Å². The largest absolute Gasteiger partial charge is 0.369 e. The summed E-state index contributed by atoms with van der Waals surface area (Å²) in [6, 6.07) is 10.9. The topological polar surface area (TPSA) is 43.9 Å². The van der Waals surface area contributed by atoms with E-state index in [1.165, 1.54) is 49.0 Å². The summed E-state index contributed by atoms with van der Waals surface area (Å²) < 4.78 is 28.2. The molecule has 168 valence electrons. The van der Waals surface area contributed by atoms with Crippen molar-refractivity contribution in [3.8, 4) is 0 Å². The molecule has 0 spiro atoms. The molecule has 1 aliphatic carbocycles. The molecule has 3 aliphatic rings. The summed E-state index contributed by atoms with van der Waals surface area (Å²) in [6.07, 6.45) is 7.77. The van der Waals surface area contributed by atoms with Gasteiger partial charge in [0.25, 0.3) is 10.0 Å². The predicted molar refractivity (Wildman–Crippen MR) is 128 cm³/mol. The molecule has 2 aliphatic heterocycles. The van der Waals surface area contributed by atoms with E-state index in [0.717, 1.165) is 36.8 Å². The zero-order chi connectivity index (χ0) is 21.4. The Labute approximate surface area is 194 Å². The summed E-state index contributed by atoms with van der Waals surface area (Å²) in [5.41, 5.74) is 4.19. The average molecular weight is 480 g/mol. The highest BCUT2D eigenvalue weighted by Gasteiger charge is 2.30. The van der Waals surface area contributed by atoms with Crippen LogP contribution in [0.25, 0.3) is 0 Å². The van der Waals surface area contributed by atoms with Crippen LogP contribution in [0.1, 0.15) is 36.8 Å². The van der Waals surface area contributed by atoms with Crippen LogP contribution < -0.4 is 4.90 Å². The van der Waals surface area contributed by atoms with E-state index in [0.29, 0.717) is 34.7 Å². The van der Waals surface area contributed by atoms with Crippen molar-refractivity contribution in [2.24, 2.45) is 0 Å². The number of piperazine rings is 1. The molecule has 1 saturated carbocycles. The van der Waals surface area contributed by atoms with Crippen molar-refractivity contribution in [2.45, 2.75) is 48.8 Å². The summed E-state index contributed by atoms with van der Waals surface area (Å²) in [5.74, 6) is 0.